The van der Waals surface area contributed by atoms with Crippen molar-refractivity contribution in [2.45, 2.75) is 64.0 Å². The van der Waals surface area contributed by atoms with E-state index in [-0.39, 0.29) is 11.6 Å². The minimum Gasteiger partial charge on any atom is -0.494 e. The molecule has 1 amide bonds. The number of carboxylic acid groups (broad SMARTS) is 1. The van der Waals surface area contributed by atoms with Crippen LogP contribution in [0.25, 0.3) is 10.8 Å². The van der Waals surface area contributed by atoms with Crippen molar-refractivity contribution in [2.24, 2.45) is 5.73 Å². The van der Waals surface area contributed by atoms with Crippen LogP contribution >= 0.6 is 0 Å². The Kier molecular flexibility index (Phi) is 8.06. The van der Waals surface area contributed by atoms with E-state index < -0.39 is 17.9 Å². The molecule has 2 aliphatic rings. The van der Waals surface area contributed by atoms with Crippen LogP contribution in [0.5, 0.6) is 5.75 Å². The van der Waals surface area contributed by atoms with E-state index in [2.05, 4.69) is 16.7 Å². The number of nitrogens with two attached hydrogens (primary N) is 1. The second-order valence-corrected chi connectivity index (χ2v) is 9.71. The number of likely N-dealkylation sites (tertiary alicyclic amines) is 2. The van der Waals surface area contributed by atoms with Crippen LogP contribution in [0.4, 0.5) is 0 Å². The molecule has 2 heterocycles. The van der Waals surface area contributed by atoms with Crippen molar-refractivity contribution in [1.82, 2.24) is 9.80 Å². The van der Waals surface area contributed by atoms with E-state index in [1.807, 2.05) is 18.2 Å². The highest BCUT2D eigenvalue weighted by Gasteiger charge is 2.35. The van der Waals surface area contributed by atoms with Crippen LogP contribution in [0.15, 0.2) is 30.3 Å². The Bertz CT molecular complexity index is 1020. The molecule has 184 valence electrons. The summed E-state index contributed by atoms with van der Waals surface area (Å²) in [4.78, 5) is 29.4. The third kappa shape index (κ3) is 5.53. The largest absolute Gasteiger partial charge is 0.494 e. The number of hydrogen-bond donors (Lipinski definition) is 2. The fraction of sp³-hybridized carbons (Fsp3) is 0.556. The molecule has 4 rings (SSSR count). The molecule has 0 aliphatic carbocycles. The Morgan fingerprint density at radius 3 is 2.56 bits per heavy atom. The van der Waals surface area contributed by atoms with Crippen molar-refractivity contribution < 1.29 is 19.4 Å². The Morgan fingerprint density at radius 1 is 1.09 bits per heavy atom. The first-order valence-corrected chi connectivity index (χ1v) is 12.7. The van der Waals surface area contributed by atoms with Crippen LogP contribution in [-0.4, -0.2) is 65.6 Å². The SMILES string of the molecule is CC1CCCCN1C(C(N)=O)c1c(C(=O)O)ccc2cc(OCCCN3CCCCC3)ccc12. The molecular weight excluding hydrogens is 430 g/mol. The third-order valence-corrected chi connectivity index (χ3v) is 7.33. The van der Waals surface area contributed by atoms with Gasteiger partial charge in [0.1, 0.15) is 11.8 Å². The topological polar surface area (TPSA) is 96.1 Å². The van der Waals surface area contributed by atoms with Crippen molar-refractivity contribution >= 4 is 22.6 Å². The quantitative estimate of drug-likeness (QED) is 0.537. The maximum absolute atomic E-state index is 12.7. The highest BCUT2D eigenvalue weighted by atomic mass is 16.5. The van der Waals surface area contributed by atoms with Crippen molar-refractivity contribution in [3.8, 4) is 5.75 Å². The van der Waals surface area contributed by atoms with Crippen molar-refractivity contribution in [1.29, 1.82) is 0 Å². The maximum atomic E-state index is 12.7. The molecule has 0 radical (unpaired) electrons. The number of carbonyl (C=O) groups is 2. The predicted octanol–water partition coefficient (Wildman–Crippen LogP) is 4.19. The molecule has 34 heavy (non-hydrogen) atoms. The molecule has 2 saturated heterocycles. The first kappa shape index (κ1) is 24.5. The summed E-state index contributed by atoms with van der Waals surface area (Å²) in [6.45, 7) is 6.85. The van der Waals surface area contributed by atoms with Gasteiger partial charge in [-0.2, -0.15) is 0 Å². The highest BCUT2D eigenvalue weighted by molar-refractivity contribution is 6.02. The zero-order chi connectivity index (χ0) is 24.1. The van der Waals surface area contributed by atoms with Gasteiger partial charge in [-0.05, 0) is 87.6 Å². The fourth-order valence-electron chi connectivity index (χ4n) is 5.54. The molecule has 2 aromatic carbocycles. The summed E-state index contributed by atoms with van der Waals surface area (Å²) in [5.41, 5.74) is 6.51. The third-order valence-electron chi connectivity index (χ3n) is 7.33. The van der Waals surface area contributed by atoms with Crippen LogP contribution in [-0.2, 0) is 4.79 Å². The molecule has 0 spiro atoms. The van der Waals surface area contributed by atoms with E-state index in [0.29, 0.717) is 12.2 Å². The number of nitrogens with zero attached hydrogens (tertiary/aromatic N) is 2. The molecule has 2 unspecified atom stereocenters. The van der Waals surface area contributed by atoms with Crippen molar-refractivity contribution in [3.05, 3.63) is 41.5 Å². The summed E-state index contributed by atoms with van der Waals surface area (Å²) in [7, 11) is 0. The van der Waals surface area contributed by atoms with E-state index in [9.17, 15) is 14.7 Å². The molecule has 3 N–H and O–H groups in total. The summed E-state index contributed by atoms with van der Waals surface area (Å²) in [6.07, 6.45) is 7.91. The lowest BCUT2D eigenvalue weighted by Crippen LogP contribution is -2.46. The Morgan fingerprint density at radius 2 is 1.85 bits per heavy atom. The molecule has 2 atom stereocenters. The molecule has 0 aromatic heterocycles. The van der Waals surface area contributed by atoms with Crippen molar-refractivity contribution in [2.75, 3.05) is 32.8 Å². The molecule has 2 fully saturated rings. The number of amides is 1. The Labute approximate surface area is 201 Å². The maximum Gasteiger partial charge on any atom is 0.336 e. The molecular formula is C27H37N3O4. The number of fused-ring (bicyclic) bond motifs is 1. The smallest absolute Gasteiger partial charge is 0.336 e. The van der Waals surface area contributed by atoms with Crippen LogP contribution < -0.4 is 10.5 Å². The normalized spacial score (nSPS) is 20.8. The Hall–Kier alpha value is -2.64. The van der Waals surface area contributed by atoms with Gasteiger partial charge < -0.3 is 20.5 Å². The Balaban J connectivity index is 1.58. The summed E-state index contributed by atoms with van der Waals surface area (Å²) < 4.78 is 6.02. The number of hydrogen-bond acceptors (Lipinski definition) is 5. The number of ether oxygens (including phenoxy) is 1. The van der Waals surface area contributed by atoms with Gasteiger partial charge in [-0.3, -0.25) is 9.69 Å². The molecule has 0 bridgehead atoms. The van der Waals surface area contributed by atoms with Gasteiger partial charge in [0.05, 0.1) is 12.2 Å². The number of primary amides is 1. The van der Waals surface area contributed by atoms with E-state index in [0.717, 1.165) is 55.3 Å². The summed E-state index contributed by atoms with van der Waals surface area (Å²) in [6, 6.07) is 8.44. The van der Waals surface area contributed by atoms with Gasteiger partial charge in [0, 0.05) is 18.2 Å². The van der Waals surface area contributed by atoms with Gasteiger partial charge in [-0.15, -0.1) is 0 Å². The first-order valence-electron chi connectivity index (χ1n) is 12.7. The summed E-state index contributed by atoms with van der Waals surface area (Å²) in [5, 5.41) is 11.5. The van der Waals surface area contributed by atoms with Gasteiger partial charge in [-0.25, -0.2) is 4.79 Å². The second-order valence-electron chi connectivity index (χ2n) is 9.71. The number of aromatic carboxylic acids is 1. The molecule has 7 heteroatoms. The fourth-order valence-corrected chi connectivity index (χ4v) is 5.54. The van der Waals surface area contributed by atoms with E-state index >= 15 is 0 Å². The highest BCUT2D eigenvalue weighted by Crippen LogP contribution is 2.36. The van der Waals surface area contributed by atoms with Crippen LogP contribution in [0.3, 0.4) is 0 Å². The van der Waals surface area contributed by atoms with Gasteiger partial charge in [0.15, 0.2) is 0 Å². The van der Waals surface area contributed by atoms with Gasteiger partial charge in [0.25, 0.3) is 0 Å². The number of rotatable bonds is 9. The van der Waals surface area contributed by atoms with Crippen LogP contribution in [0.2, 0.25) is 0 Å². The summed E-state index contributed by atoms with van der Waals surface area (Å²) >= 11 is 0. The van der Waals surface area contributed by atoms with E-state index in [1.165, 1.54) is 32.4 Å². The zero-order valence-electron chi connectivity index (χ0n) is 20.2. The number of carboxylic acids is 1. The lowest BCUT2D eigenvalue weighted by atomic mass is 9.89. The lowest BCUT2D eigenvalue weighted by Gasteiger charge is -2.39. The van der Waals surface area contributed by atoms with Crippen LogP contribution in [0, 0.1) is 0 Å². The van der Waals surface area contributed by atoms with Gasteiger partial charge >= 0.3 is 5.97 Å². The molecule has 0 saturated carbocycles. The van der Waals surface area contributed by atoms with E-state index in [1.54, 1.807) is 12.1 Å². The van der Waals surface area contributed by atoms with Gasteiger partial charge in [0.2, 0.25) is 5.91 Å². The van der Waals surface area contributed by atoms with E-state index in [4.69, 9.17) is 10.5 Å². The lowest BCUT2D eigenvalue weighted by molar-refractivity contribution is -0.124. The molecule has 2 aliphatic heterocycles. The van der Waals surface area contributed by atoms with Crippen LogP contribution in [0.1, 0.15) is 73.8 Å². The summed E-state index contributed by atoms with van der Waals surface area (Å²) in [5.74, 6) is -0.810. The van der Waals surface area contributed by atoms with Crippen molar-refractivity contribution in [3.63, 3.8) is 0 Å². The zero-order valence-corrected chi connectivity index (χ0v) is 20.2. The average molecular weight is 468 g/mol. The minimum atomic E-state index is -1.05. The van der Waals surface area contributed by atoms with Gasteiger partial charge in [-0.1, -0.05) is 25.0 Å². The first-order chi connectivity index (χ1) is 16.5. The standard InChI is InChI=1S/C27H37N3O4/c1-19-8-3-6-16-30(19)25(26(28)31)24-22-12-10-21(18-20(22)9-11-23(24)27(32)33)34-17-7-15-29-13-4-2-5-14-29/h9-12,18-19,25H,2-8,13-17H2,1H3,(H2,28,31)(H,32,33). The monoisotopic (exact) mass is 467 g/mol. The second kappa shape index (κ2) is 11.2. The average Bonchev–Trinajstić information content (AvgIpc) is 2.83. The number of piperidine rings is 2. The molecule has 7 nitrogen and oxygen atoms in total. The minimum absolute atomic E-state index is 0.129. The predicted molar refractivity (Wildman–Crippen MR) is 133 cm³/mol. The number of carbonyl (C=O) groups excluding carboxylic acids is 1. The molecule has 2 aromatic rings. The number of benzene rings is 2.